The number of amides is 1. The molecule has 3 saturated carbocycles. The molecular weight excluding hydrogens is 583 g/mol. The van der Waals surface area contributed by atoms with Crippen LogP contribution in [0.5, 0.6) is 0 Å². The van der Waals surface area contributed by atoms with E-state index in [1.807, 2.05) is 18.0 Å². The Kier molecular flexibility index (Phi) is 13.2. The molecule has 3 fully saturated rings. The minimum absolute atomic E-state index is 0.00733. The molecule has 5 heteroatoms. The van der Waals surface area contributed by atoms with Crippen LogP contribution in [0.15, 0.2) is 77.5 Å². The Labute approximate surface area is 285 Å². The van der Waals surface area contributed by atoms with Crippen molar-refractivity contribution in [2.24, 2.45) is 28.2 Å². The lowest BCUT2D eigenvalue weighted by atomic mass is 9.40. The predicted molar refractivity (Wildman–Crippen MR) is 200 cm³/mol. The largest absolute Gasteiger partial charge is 0.330 e. The number of carbonyl (C=O) groups excluding carboxylic acids is 1. The summed E-state index contributed by atoms with van der Waals surface area (Å²) in [5.74, 6) is 0.922. The van der Waals surface area contributed by atoms with Gasteiger partial charge < -0.3 is 5.32 Å². The molecule has 4 nitrogen and oxygen atoms in total. The molecule has 0 radical (unpaired) electrons. The fourth-order valence-corrected chi connectivity index (χ4v) is 9.68. The van der Waals surface area contributed by atoms with E-state index in [0.29, 0.717) is 23.3 Å². The van der Waals surface area contributed by atoms with Crippen LogP contribution in [0.3, 0.4) is 0 Å². The lowest BCUT2D eigenvalue weighted by molar-refractivity contribution is -0.140. The summed E-state index contributed by atoms with van der Waals surface area (Å²) in [6, 6.07) is 8.80. The minimum Gasteiger partial charge on any atom is -0.330 e. The number of likely N-dealkylation sites (N-methyl/N-ethyl adjacent to an activating group) is 1. The molecule has 1 N–H and O–H groups in total. The van der Waals surface area contributed by atoms with Gasteiger partial charge >= 0.3 is 0 Å². The first-order valence-electron chi connectivity index (χ1n) is 18.0. The summed E-state index contributed by atoms with van der Waals surface area (Å²) >= 11 is 1.97. The van der Waals surface area contributed by atoms with E-state index in [4.69, 9.17) is 0 Å². The summed E-state index contributed by atoms with van der Waals surface area (Å²) in [6.45, 7) is 18.6. The number of fused-ring (bicyclic) bond motifs is 2. The Morgan fingerprint density at radius 3 is 2.63 bits per heavy atom. The molecule has 2 bridgehead atoms. The van der Waals surface area contributed by atoms with Crippen LogP contribution >= 0.6 is 11.8 Å². The molecule has 1 aliphatic heterocycles. The average Bonchev–Trinajstić information content (AvgIpc) is 3.01. The van der Waals surface area contributed by atoms with Crippen molar-refractivity contribution in [1.29, 1.82) is 0 Å². The van der Waals surface area contributed by atoms with Gasteiger partial charge in [-0.2, -0.15) is 0 Å². The van der Waals surface area contributed by atoms with Crippen molar-refractivity contribution >= 4 is 23.9 Å². The molecule has 1 amide bonds. The molecule has 4 unspecified atom stereocenters. The second kappa shape index (κ2) is 16.6. The van der Waals surface area contributed by atoms with Crippen molar-refractivity contribution < 1.29 is 4.79 Å². The number of hydrogen-bond donors (Lipinski definition) is 1. The van der Waals surface area contributed by atoms with Gasteiger partial charge in [0.25, 0.3) is 0 Å². The highest BCUT2D eigenvalue weighted by Gasteiger charge is 2.62. The standard InChI is InChI=1S/C41H61N3OS/c1-9-12-13-14-19-35(43-38(45)37-23-24-40(7)27-41(37,28-40)36-20-16-15-18-30(36)4)25-34(22-21-33(11-3)17-10-2)32(6)46-39-31(5)26-42-29-44(39)8/h10,15-22,26,32-34,37,39H,5,9,11-14,23-25,27-29H2,1-4,6-8H3,(H,43,45)/b17-10+,22-21-,35-19+/t32-,33?,34?,37?,39?,40?,41?/m0/s1. The number of aliphatic imine (C=N–C) groups is 1. The fourth-order valence-electron chi connectivity index (χ4n) is 8.37. The summed E-state index contributed by atoms with van der Waals surface area (Å²) < 4.78 is 0. The first-order chi connectivity index (χ1) is 22.1. The van der Waals surface area contributed by atoms with E-state index in [-0.39, 0.29) is 28.5 Å². The van der Waals surface area contributed by atoms with Gasteiger partial charge in [0, 0.05) is 28.5 Å². The molecule has 1 aromatic rings. The van der Waals surface area contributed by atoms with Crippen molar-refractivity contribution in [3.05, 3.63) is 83.6 Å². The third-order valence-corrected chi connectivity index (χ3v) is 12.6. The number of benzene rings is 1. The Balaban J connectivity index is 1.60. The maximum Gasteiger partial charge on any atom is 0.228 e. The number of rotatable bonds is 16. The highest BCUT2D eigenvalue weighted by molar-refractivity contribution is 8.00. The highest BCUT2D eigenvalue weighted by Crippen LogP contribution is 2.66. The maximum atomic E-state index is 14.5. The molecular formula is C41H61N3OS. The summed E-state index contributed by atoms with van der Waals surface area (Å²) in [5.41, 5.74) is 5.19. The van der Waals surface area contributed by atoms with Gasteiger partial charge in [-0.05, 0) is 106 Å². The van der Waals surface area contributed by atoms with E-state index in [9.17, 15) is 4.79 Å². The molecule has 46 heavy (non-hydrogen) atoms. The number of nitrogens with zero attached hydrogens (tertiary/aromatic N) is 2. The second-order valence-electron chi connectivity index (χ2n) is 14.8. The van der Waals surface area contributed by atoms with Crippen LogP contribution in [-0.4, -0.2) is 41.4 Å². The fraction of sp³-hybridized carbons (Fsp3) is 0.610. The van der Waals surface area contributed by atoms with Crippen LogP contribution in [0.25, 0.3) is 0 Å². The summed E-state index contributed by atoms with van der Waals surface area (Å²) in [6.07, 6.45) is 24.4. The molecule has 1 aromatic carbocycles. The average molecular weight is 644 g/mol. The van der Waals surface area contributed by atoms with Crippen molar-refractivity contribution in [2.75, 3.05) is 13.7 Å². The maximum absolute atomic E-state index is 14.5. The number of thioether (sulfide) groups is 1. The van der Waals surface area contributed by atoms with Gasteiger partial charge in [0.05, 0.1) is 12.0 Å². The van der Waals surface area contributed by atoms with E-state index in [1.54, 1.807) is 0 Å². The number of hydrogen-bond acceptors (Lipinski definition) is 4. The van der Waals surface area contributed by atoms with Crippen molar-refractivity contribution in [1.82, 2.24) is 10.2 Å². The lowest BCUT2D eigenvalue weighted by Crippen LogP contribution is -2.60. The lowest BCUT2D eigenvalue weighted by Gasteiger charge is -2.63. The predicted octanol–water partition coefficient (Wildman–Crippen LogP) is 10.2. The normalized spacial score (nSPS) is 28.8. The quantitative estimate of drug-likeness (QED) is 0.144. The molecule has 0 aromatic heterocycles. The van der Waals surface area contributed by atoms with Gasteiger partial charge in [-0.3, -0.25) is 14.7 Å². The molecule has 0 spiro atoms. The van der Waals surface area contributed by atoms with E-state index in [0.717, 1.165) is 62.6 Å². The van der Waals surface area contributed by atoms with E-state index < -0.39 is 0 Å². The zero-order valence-electron chi connectivity index (χ0n) is 29.9. The zero-order valence-corrected chi connectivity index (χ0v) is 30.7. The molecule has 3 aliphatic carbocycles. The summed E-state index contributed by atoms with van der Waals surface area (Å²) in [5, 5.41) is 4.12. The van der Waals surface area contributed by atoms with Gasteiger partial charge in [-0.1, -0.05) is 102 Å². The number of allylic oxidation sites excluding steroid dienone is 6. The molecule has 0 saturated heterocycles. The van der Waals surface area contributed by atoms with Crippen LogP contribution in [0.2, 0.25) is 0 Å². The summed E-state index contributed by atoms with van der Waals surface area (Å²) in [4.78, 5) is 21.2. The van der Waals surface area contributed by atoms with Crippen LogP contribution in [0, 0.1) is 30.1 Å². The molecule has 5 atom stereocenters. The number of nitrogens with one attached hydrogen (secondary N) is 1. The van der Waals surface area contributed by atoms with Crippen LogP contribution < -0.4 is 5.32 Å². The number of carbonyl (C=O) groups is 1. The van der Waals surface area contributed by atoms with Crippen LogP contribution in [0.1, 0.15) is 110 Å². The molecule has 1 heterocycles. The molecule has 4 aliphatic rings. The molecule has 5 rings (SSSR count). The Bertz CT molecular complexity index is 1300. The monoisotopic (exact) mass is 643 g/mol. The highest BCUT2D eigenvalue weighted by atomic mass is 32.2. The smallest absolute Gasteiger partial charge is 0.228 e. The van der Waals surface area contributed by atoms with E-state index in [1.165, 1.54) is 24.0 Å². The van der Waals surface area contributed by atoms with Crippen molar-refractivity contribution in [3.63, 3.8) is 0 Å². The topological polar surface area (TPSA) is 44.7 Å². The SMILES string of the molecule is C=C1C=NCN(C)C1S[C@@H](C)C(/C=C\C(/C=C/C)CC)C/C(=C\CCCCC)NC(=O)C1CCC2(C)CC1(c1ccccc1C)C2. The third-order valence-electron chi connectivity index (χ3n) is 10.9. The van der Waals surface area contributed by atoms with Gasteiger partial charge in [-0.25, -0.2) is 0 Å². The third kappa shape index (κ3) is 8.75. The Hall–Kier alpha value is -2.37. The first kappa shape index (κ1) is 36.5. The second-order valence-corrected chi connectivity index (χ2v) is 16.2. The van der Waals surface area contributed by atoms with Crippen molar-refractivity contribution in [3.8, 4) is 0 Å². The van der Waals surface area contributed by atoms with E-state index in [2.05, 4.69) is 125 Å². The van der Waals surface area contributed by atoms with Crippen molar-refractivity contribution in [2.45, 2.75) is 122 Å². The van der Waals surface area contributed by atoms with E-state index >= 15 is 0 Å². The minimum atomic E-state index is -0.0491. The zero-order chi connectivity index (χ0) is 33.3. The van der Waals surface area contributed by atoms with Gasteiger partial charge in [0.15, 0.2) is 0 Å². The Morgan fingerprint density at radius 2 is 1.96 bits per heavy atom. The van der Waals surface area contributed by atoms with Crippen LogP contribution in [-0.2, 0) is 10.2 Å². The van der Waals surface area contributed by atoms with Gasteiger partial charge in [0.2, 0.25) is 5.91 Å². The first-order valence-corrected chi connectivity index (χ1v) is 18.9. The summed E-state index contributed by atoms with van der Waals surface area (Å²) in [7, 11) is 2.13. The van der Waals surface area contributed by atoms with Gasteiger partial charge in [0.1, 0.15) is 0 Å². The van der Waals surface area contributed by atoms with Crippen LogP contribution in [0.4, 0.5) is 0 Å². The number of unbranched alkanes of at least 4 members (excludes halogenated alkanes) is 3. The number of aryl methyl sites for hydroxylation is 1. The van der Waals surface area contributed by atoms with Gasteiger partial charge in [-0.15, -0.1) is 11.8 Å². The molecule has 252 valence electrons. The Morgan fingerprint density at radius 1 is 1.20 bits per heavy atom.